The van der Waals surface area contributed by atoms with E-state index < -0.39 is 0 Å². The van der Waals surface area contributed by atoms with E-state index in [1.165, 1.54) is 23.3 Å². The topological polar surface area (TPSA) is 51.8 Å². The van der Waals surface area contributed by atoms with Crippen LogP contribution < -0.4 is 5.73 Å². The lowest BCUT2D eigenvalue weighted by Gasteiger charge is -2.02. The van der Waals surface area contributed by atoms with Crippen LogP contribution in [0.3, 0.4) is 0 Å². The van der Waals surface area contributed by atoms with E-state index in [-0.39, 0.29) is 0 Å². The van der Waals surface area contributed by atoms with Crippen LogP contribution in [0.2, 0.25) is 0 Å². The predicted octanol–water partition coefficient (Wildman–Crippen LogP) is 3.03. The van der Waals surface area contributed by atoms with Gasteiger partial charge in [-0.2, -0.15) is 4.37 Å². The van der Waals surface area contributed by atoms with Gasteiger partial charge in [0.05, 0.1) is 0 Å². The van der Waals surface area contributed by atoms with Crippen LogP contribution >= 0.6 is 39.2 Å². The zero-order chi connectivity index (χ0) is 9.97. The molecule has 2 N–H and O–H groups in total. The Morgan fingerprint density at radius 1 is 1.43 bits per heavy atom. The Hall–Kier alpha value is -0.590. The Labute approximate surface area is 98.0 Å². The predicted molar refractivity (Wildman–Crippen MR) is 62.6 cm³/mol. The maximum atomic E-state index is 5.82. The highest BCUT2D eigenvalue weighted by molar-refractivity contribution is 9.10. The standard InChI is InChI=1S/C8H6BrN3S2/c9-5-1-2-6(10)7(3-5)13-8-11-4-12-14-8/h1-4H,10H2. The second-order valence-corrected chi connectivity index (χ2v) is 5.48. The minimum Gasteiger partial charge on any atom is -0.398 e. The van der Waals surface area contributed by atoms with Gasteiger partial charge in [-0.3, -0.25) is 0 Å². The van der Waals surface area contributed by atoms with E-state index in [9.17, 15) is 0 Å². The van der Waals surface area contributed by atoms with Crippen molar-refractivity contribution >= 4 is 44.9 Å². The zero-order valence-electron chi connectivity index (χ0n) is 6.98. The third-order valence-corrected chi connectivity index (χ3v) is 3.80. The van der Waals surface area contributed by atoms with Crippen molar-refractivity contribution in [3.8, 4) is 0 Å². The SMILES string of the molecule is Nc1ccc(Br)cc1Sc1ncns1. The van der Waals surface area contributed by atoms with Gasteiger partial charge in [-0.1, -0.05) is 27.7 Å². The van der Waals surface area contributed by atoms with E-state index >= 15 is 0 Å². The van der Waals surface area contributed by atoms with Crippen LogP contribution in [-0.2, 0) is 0 Å². The molecule has 6 heteroatoms. The quantitative estimate of drug-likeness (QED) is 0.863. The molecule has 0 aliphatic heterocycles. The van der Waals surface area contributed by atoms with E-state index in [0.29, 0.717) is 0 Å². The summed E-state index contributed by atoms with van der Waals surface area (Å²) in [6.07, 6.45) is 1.54. The summed E-state index contributed by atoms with van der Waals surface area (Å²) in [4.78, 5) is 5.08. The first-order valence-electron chi connectivity index (χ1n) is 3.75. The molecule has 1 heterocycles. The largest absolute Gasteiger partial charge is 0.398 e. The van der Waals surface area contributed by atoms with Crippen LogP contribution in [-0.4, -0.2) is 9.36 Å². The normalized spacial score (nSPS) is 10.4. The zero-order valence-corrected chi connectivity index (χ0v) is 10.2. The van der Waals surface area contributed by atoms with Gasteiger partial charge >= 0.3 is 0 Å². The summed E-state index contributed by atoms with van der Waals surface area (Å²) in [6.45, 7) is 0. The number of halogens is 1. The molecule has 0 atom stereocenters. The molecule has 3 nitrogen and oxygen atoms in total. The lowest BCUT2D eigenvalue weighted by Crippen LogP contribution is -1.87. The highest BCUT2D eigenvalue weighted by atomic mass is 79.9. The van der Waals surface area contributed by atoms with Crippen LogP contribution in [0.1, 0.15) is 0 Å². The number of nitrogens with two attached hydrogens (primary N) is 1. The molecule has 0 spiro atoms. The Balaban J connectivity index is 2.28. The molecule has 2 aromatic rings. The molecule has 0 amide bonds. The average Bonchev–Trinajstić information content (AvgIpc) is 2.64. The van der Waals surface area contributed by atoms with Crippen LogP contribution in [0.25, 0.3) is 0 Å². The number of nitrogens with zero attached hydrogens (tertiary/aromatic N) is 2. The van der Waals surface area contributed by atoms with Crippen molar-refractivity contribution in [2.24, 2.45) is 0 Å². The van der Waals surface area contributed by atoms with E-state index in [1.54, 1.807) is 6.33 Å². The summed E-state index contributed by atoms with van der Waals surface area (Å²) in [7, 11) is 0. The van der Waals surface area contributed by atoms with Gasteiger partial charge in [0.25, 0.3) is 0 Å². The molecule has 0 bridgehead atoms. The first-order valence-corrected chi connectivity index (χ1v) is 6.13. The fourth-order valence-corrected chi connectivity index (χ4v) is 2.90. The van der Waals surface area contributed by atoms with Gasteiger partial charge < -0.3 is 5.73 Å². The minimum atomic E-state index is 0.758. The molecule has 0 aliphatic rings. The number of hydrogen-bond donors (Lipinski definition) is 1. The number of anilines is 1. The molecular weight excluding hydrogens is 282 g/mol. The summed E-state index contributed by atoms with van der Waals surface area (Å²) >= 11 is 6.29. The van der Waals surface area contributed by atoms with Crippen molar-refractivity contribution in [3.05, 3.63) is 29.0 Å². The lowest BCUT2D eigenvalue weighted by molar-refractivity contribution is 1.21. The summed E-state index contributed by atoms with van der Waals surface area (Å²) in [5, 5.41) is 0. The molecule has 0 fully saturated rings. The maximum absolute atomic E-state index is 5.82. The molecule has 1 aromatic heterocycles. The van der Waals surface area contributed by atoms with Crippen molar-refractivity contribution in [1.82, 2.24) is 9.36 Å². The van der Waals surface area contributed by atoms with Gasteiger partial charge in [-0.05, 0) is 29.7 Å². The molecule has 14 heavy (non-hydrogen) atoms. The Morgan fingerprint density at radius 2 is 2.29 bits per heavy atom. The molecule has 0 aliphatic carbocycles. The maximum Gasteiger partial charge on any atom is 0.174 e. The van der Waals surface area contributed by atoms with Gasteiger partial charge in [0.1, 0.15) is 6.33 Å². The fourth-order valence-electron chi connectivity index (χ4n) is 0.899. The summed E-state index contributed by atoms with van der Waals surface area (Å²) in [5.41, 5.74) is 6.58. The van der Waals surface area contributed by atoms with E-state index in [0.717, 1.165) is 19.4 Å². The van der Waals surface area contributed by atoms with Crippen LogP contribution in [0, 0.1) is 0 Å². The van der Waals surface area contributed by atoms with Gasteiger partial charge in [-0.25, -0.2) is 4.98 Å². The number of hydrogen-bond acceptors (Lipinski definition) is 5. The minimum absolute atomic E-state index is 0.758. The molecule has 1 aromatic carbocycles. The molecular formula is C8H6BrN3S2. The van der Waals surface area contributed by atoms with Crippen molar-refractivity contribution in [2.75, 3.05) is 5.73 Å². The first kappa shape index (κ1) is 9.95. The van der Waals surface area contributed by atoms with Gasteiger partial charge in [-0.15, -0.1) is 0 Å². The second-order valence-electron chi connectivity index (χ2n) is 2.49. The second kappa shape index (κ2) is 4.29. The van der Waals surface area contributed by atoms with Crippen molar-refractivity contribution in [3.63, 3.8) is 0 Å². The third kappa shape index (κ3) is 2.26. The fraction of sp³-hybridized carbons (Fsp3) is 0. The van der Waals surface area contributed by atoms with Crippen LogP contribution in [0.4, 0.5) is 5.69 Å². The Morgan fingerprint density at radius 3 is 3.00 bits per heavy atom. The molecule has 0 unspecified atom stereocenters. The van der Waals surface area contributed by atoms with Gasteiger partial charge in [0.15, 0.2) is 4.34 Å². The highest BCUT2D eigenvalue weighted by Gasteiger charge is 2.04. The van der Waals surface area contributed by atoms with E-state index in [4.69, 9.17) is 5.73 Å². The van der Waals surface area contributed by atoms with E-state index in [1.807, 2.05) is 18.2 Å². The summed E-state index contributed by atoms with van der Waals surface area (Å²) in [6, 6.07) is 5.76. The van der Waals surface area contributed by atoms with Crippen molar-refractivity contribution < 1.29 is 0 Å². The number of rotatable bonds is 2. The third-order valence-electron chi connectivity index (χ3n) is 1.51. The molecule has 0 saturated heterocycles. The highest BCUT2D eigenvalue weighted by Crippen LogP contribution is 2.34. The monoisotopic (exact) mass is 287 g/mol. The molecule has 0 radical (unpaired) electrons. The molecule has 72 valence electrons. The van der Waals surface area contributed by atoms with Gasteiger partial charge in [0.2, 0.25) is 0 Å². The lowest BCUT2D eigenvalue weighted by atomic mass is 10.3. The van der Waals surface area contributed by atoms with Gasteiger partial charge in [0, 0.05) is 15.1 Å². The summed E-state index contributed by atoms with van der Waals surface area (Å²) in [5.74, 6) is 0. The van der Waals surface area contributed by atoms with Crippen LogP contribution in [0.15, 0.2) is 38.2 Å². The van der Waals surface area contributed by atoms with Crippen LogP contribution in [0.5, 0.6) is 0 Å². The summed E-state index contributed by atoms with van der Waals surface area (Å²) < 4.78 is 5.84. The Bertz CT molecular complexity index is 430. The number of nitrogen functional groups attached to an aromatic ring is 1. The smallest absolute Gasteiger partial charge is 0.174 e. The molecule has 2 rings (SSSR count). The average molecular weight is 288 g/mol. The van der Waals surface area contributed by atoms with E-state index in [2.05, 4.69) is 25.3 Å². The number of aromatic nitrogens is 2. The Kier molecular flexibility index (Phi) is 3.05. The molecule has 0 saturated carbocycles. The van der Waals surface area contributed by atoms with Crippen molar-refractivity contribution in [1.29, 1.82) is 0 Å². The first-order chi connectivity index (χ1) is 6.75. The number of benzene rings is 1. The van der Waals surface area contributed by atoms with Crippen molar-refractivity contribution in [2.45, 2.75) is 9.24 Å².